The van der Waals surface area contributed by atoms with E-state index in [2.05, 4.69) is 9.80 Å². The van der Waals surface area contributed by atoms with Crippen LogP contribution < -0.4 is 10.4 Å². The van der Waals surface area contributed by atoms with Gasteiger partial charge in [0.05, 0.1) is 13.2 Å². The van der Waals surface area contributed by atoms with Crippen molar-refractivity contribution in [2.24, 2.45) is 0 Å². The molecule has 2 fully saturated rings. The Balaban J connectivity index is 1.77. The van der Waals surface area contributed by atoms with Crippen molar-refractivity contribution in [1.29, 1.82) is 0 Å². The SMILES string of the molecule is O=c1ccccn1OC(N1CCCC1)N1CCOCC1. The van der Waals surface area contributed by atoms with Crippen molar-refractivity contribution < 1.29 is 9.57 Å². The van der Waals surface area contributed by atoms with E-state index >= 15 is 0 Å². The second-order valence-electron chi connectivity index (χ2n) is 5.19. The Morgan fingerprint density at radius 3 is 2.45 bits per heavy atom. The second kappa shape index (κ2) is 6.39. The summed E-state index contributed by atoms with van der Waals surface area (Å²) in [5, 5.41) is 0. The van der Waals surface area contributed by atoms with Gasteiger partial charge in [0.1, 0.15) is 0 Å². The van der Waals surface area contributed by atoms with Crippen LogP contribution in [0.25, 0.3) is 0 Å². The summed E-state index contributed by atoms with van der Waals surface area (Å²) in [5.41, 5.74) is -0.134. The zero-order valence-corrected chi connectivity index (χ0v) is 11.6. The van der Waals surface area contributed by atoms with Crippen LogP contribution in [0.2, 0.25) is 0 Å². The molecule has 2 saturated heterocycles. The quantitative estimate of drug-likeness (QED) is 0.776. The zero-order chi connectivity index (χ0) is 13.8. The molecule has 0 aromatic carbocycles. The lowest BCUT2D eigenvalue weighted by Gasteiger charge is -2.38. The number of morpholine rings is 1. The molecule has 0 spiro atoms. The Morgan fingerprint density at radius 2 is 1.75 bits per heavy atom. The van der Waals surface area contributed by atoms with Gasteiger partial charge in [-0.2, -0.15) is 0 Å². The van der Waals surface area contributed by atoms with Crippen LogP contribution in [-0.2, 0) is 4.74 Å². The first kappa shape index (κ1) is 13.6. The summed E-state index contributed by atoms with van der Waals surface area (Å²) in [6, 6.07) is 5.05. The second-order valence-corrected chi connectivity index (χ2v) is 5.19. The molecule has 6 heteroatoms. The van der Waals surface area contributed by atoms with E-state index in [1.165, 1.54) is 23.6 Å². The minimum Gasteiger partial charge on any atom is -0.379 e. The molecule has 0 N–H and O–H groups in total. The minimum absolute atomic E-state index is 0.134. The van der Waals surface area contributed by atoms with Gasteiger partial charge in [0.2, 0.25) is 6.35 Å². The first-order chi connectivity index (χ1) is 9.84. The number of likely N-dealkylation sites (tertiary alicyclic amines) is 1. The monoisotopic (exact) mass is 279 g/mol. The lowest BCUT2D eigenvalue weighted by Crippen LogP contribution is -2.57. The Morgan fingerprint density at radius 1 is 1.05 bits per heavy atom. The smallest absolute Gasteiger partial charge is 0.283 e. The van der Waals surface area contributed by atoms with Gasteiger partial charge in [-0.25, -0.2) is 4.90 Å². The number of ether oxygens (including phenoxy) is 1. The summed E-state index contributed by atoms with van der Waals surface area (Å²) in [5.74, 6) is 0. The Kier molecular flexibility index (Phi) is 4.34. The zero-order valence-electron chi connectivity index (χ0n) is 11.6. The summed E-state index contributed by atoms with van der Waals surface area (Å²) in [6.45, 7) is 5.15. The molecule has 2 aliphatic heterocycles. The van der Waals surface area contributed by atoms with Gasteiger partial charge in [0.15, 0.2) is 0 Å². The van der Waals surface area contributed by atoms with Crippen LogP contribution in [0.3, 0.4) is 0 Å². The summed E-state index contributed by atoms with van der Waals surface area (Å²) in [4.78, 5) is 22.3. The average molecular weight is 279 g/mol. The number of pyridine rings is 1. The molecule has 0 aliphatic carbocycles. The number of hydrogen-bond acceptors (Lipinski definition) is 5. The van der Waals surface area contributed by atoms with Crippen molar-refractivity contribution in [1.82, 2.24) is 14.5 Å². The molecule has 2 aliphatic rings. The predicted octanol–water partition coefficient (Wildman–Crippen LogP) is -0.0115. The number of rotatable bonds is 4. The summed E-state index contributed by atoms with van der Waals surface area (Å²) in [6.07, 6.45) is 3.87. The highest BCUT2D eigenvalue weighted by atomic mass is 16.7. The van der Waals surface area contributed by atoms with Crippen molar-refractivity contribution in [3.8, 4) is 0 Å². The highest BCUT2D eigenvalue weighted by molar-refractivity contribution is 4.91. The number of aromatic nitrogens is 1. The van der Waals surface area contributed by atoms with Gasteiger partial charge < -0.3 is 9.57 Å². The molecule has 1 unspecified atom stereocenters. The van der Waals surface area contributed by atoms with E-state index in [1.807, 2.05) is 6.07 Å². The highest BCUT2D eigenvalue weighted by Crippen LogP contribution is 2.15. The van der Waals surface area contributed by atoms with E-state index in [0.29, 0.717) is 0 Å². The summed E-state index contributed by atoms with van der Waals surface area (Å²) < 4.78 is 6.73. The van der Waals surface area contributed by atoms with Crippen molar-refractivity contribution in [2.45, 2.75) is 19.2 Å². The van der Waals surface area contributed by atoms with Crippen LogP contribution in [0.5, 0.6) is 0 Å². The third-order valence-electron chi connectivity index (χ3n) is 3.81. The van der Waals surface area contributed by atoms with E-state index in [9.17, 15) is 4.79 Å². The van der Waals surface area contributed by atoms with Gasteiger partial charge in [-0.3, -0.25) is 9.69 Å². The molecule has 6 nitrogen and oxygen atoms in total. The van der Waals surface area contributed by atoms with Crippen LogP contribution in [0.4, 0.5) is 0 Å². The Hall–Kier alpha value is -1.37. The van der Waals surface area contributed by atoms with Gasteiger partial charge in [0, 0.05) is 38.4 Å². The summed E-state index contributed by atoms with van der Waals surface area (Å²) in [7, 11) is 0. The van der Waals surface area contributed by atoms with E-state index in [1.54, 1.807) is 12.3 Å². The van der Waals surface area contributed by atoms with E-state index in [0.717, 1.165) is 39.4 Å². The van der Waals surface area contributed by atoms with Crippen LogP contribution >= 0.6 is 0 Å². The molecule has 1 aromatic rings. The standard InChI is InChI=1S/C14H21N3O3/c18-13-5-1-2-8-17(13)20-14(15-6-3-4-7-15)16-9-11-19-12-10-16/h1-2,5,8,14H,3-4,6-7,9-12H2. The van der Waals surface area contributed by atoms with Gasteiger partial charge in [-0.05, 0) is 18.9 Å². The Bertz CT molecular complexity index is 479. The van der Waals surface area contributed by atoms with Gasteiger partial charge in [-0.15, -0.1) is 4.73 Å². The van der Waals surface area contributed by atoms with Gasteiger partial charge >= 0.3 is 0 Å². The average Bonchev–Trinajstić information content (AvgIpc) is 3.01. The van der Waals surface area contributed by atoms with E-state index < -0.39 is 0 Å². The fraction of sp³-hybridized carbons (Fsp3) is 0.643. The third-order valence-corrected chi connectivity index (χ3v) is 3.81. The topological polar surface area (TPSA) is 46.9 Å². The molecular weight excluding hydrogens is 258 g/mol. The maximum absolute atomic E-state index is 11.8. The lowest BCUT2D eigenvalue weighted by atomic mass is 10.4. The van der Waals surface area contributed by atoms with Crippen molar-refractivity contribution in [2.75, 3.05) is 39.4 Å². The molecule has 3 heterocycles. The maximum atomic E-state index is 11.8. The molecule has 0 saturated carbocycles. The van der Waals surface area contributed by atoms with Crippen molar-refractivity contribution in [3.63, 3.8) is 0 Å². The lowest BCUT2D eigenvalue weighted by molar-refractivity contribution is -0.171. The highest BCUT2D eigenvalue weighted by Gasteiger charge is 2.31. The van der Waals surface area contributed by atoms with E-state index in [-0.39, 0.29) is 11.9 Å². The Labute approximate surface area is 118 Å². The number of nitrogens with zero attached hydrogens (tertiary/aromatic N) is 3. The van der Waals surface area contributed by atoms with Gasteiger partial charge in [-0.1, -0.05) is 6.07 Å². The molecule has 110 valence electrons. The molecule has 0 amide bonds. The van der Waals surface area contributed by atoms with Crippen LogP contribution in [0.15, 0.2) is 29.2 Å². The number of hydrogen-bond donors (Lipinski definition) is 0. The van der Waals surface area contributed by atoms with Crippen LogP contribution in [-0.4, -0.2) is 60.3 Å². The fourth-order valence-electron chi connectivity index (χ4n) is 2.73. The predicted molar refractivity (Wildman–Crippen MR) is 74.3 cm³/mol. The fourth-order valence-corrected chi connectivity index (χ4v) is 2.73. The van der Waals surface area contributed by atoms with E-state index in [4.69, 9.17) is 9.57 Å². The largest absolute Gasteiger partial charge is 0.379 e. The molecular formula is C14H21N3O3. The normalized spacial score (nSPS) is 22.8. The van der Waals surface area contributed by atoms with Crippen LogP contribution in [0.1, 0.15) is 12.8 Å². The molecule has 0 radical (unpaired) electrons. The first-order valence-electron chi connectivity index (χ1n) is 7.25. The minimum atomic E-state index is -0.179. The molecule has 0 bridgehead atoms. The summed E-state index contributed by atoms with van der Waals surface area (Å²) >= 11 is 0. The van der Waals surface area contributed by atoms with Gasteiger partial charge in [0.25, 0.3) is 5.56 Å². The van der Waals surface area contributed by atoms with Crippen molar-refractivity contribution in [3.05, 3.63) is 34.7 Å². The third kappa shape index (κ3) is 3.03. The molecule has 1 aromatic heterocycles. The molecule has 1 atom stereocenters. The first-order valence-corrected chi connectivity index (χ1v) is 7.25. The van der Waals surface area contributed by atoms with Crippen LogP contribution in [0, 0.1) is 0 Å². The molecule has 3 rings (SSSR count). The maximum Gasteiger partial charge on any atom is 0.283 e. The molecule has 20 heavy (non-hydrogen) atoms. The van der Waals surface area contributed by atoms with Crippen molar-refractivity contribution >= 4 is 0 Å².